The number of carbonyl (C=O) groups excluding carboxylic acids is 1. The fourth-order valence-corrected chi connectivity index (χ4v) is 3.18. The Labute approximate surface area is 135 Å². The lowest BCUT2D eigenvalue weighted by atomic mass is 10.1. The van der Waals surface area contributed by atoms with Crippen LogP contribution in [0.2, 0.25) is 5.02 Å². The van der Waals surface area contributed by atoms with E-state index in [1.54, 1.807) is 20.2 Å². The Kier molecular flexibility index (Phi) is 6.77. The molecule has 1 aromatic carbocycles. The maximum absolute atomic E-state index is 12.1. The molecular formula is C13H18Cl2N2O3S. The average Bonchev–Trinajstić information content (AvgIpc) is 2.37. The molecular weight excluding hydrogens is 335 g/mol. The summed E-state index contributed by atoms with van der Waals surface area (Å²) in [6.07, 6.45) is 1.07. The molecule has 0 aliphatic rings. The molecule has 1 rings (SSSR count). The first-order valence-electron chi connectivity index (χ1n) is 6.34. The zero-order valence-corrected chi connectivity index (χ0v) is 14.2. The topological polar surface area (TPSA) is 66.5 Å². The standard InChI is InChI=1S/C13H18Cl2N2O3S/c1-17(2)13(18)11-6-5-10(15)9-12(11)16-21(19,20)8-4-3-7-14/h5-6,9,16H,3-4,7-8H2,1-2H3. The molecule has 0 heterocycles. The second kappa shape index (κ2) is 7.87. The van der Waals surface area contributed by atoms with Crippen molar-refractivity contribution in [3.8, 4) is 0 Å². The van der Waals surface area contributed by atoms with Gasteiger partial charge >= 0.3 is 0 Å². The SMILES string of the molecule is CN(C)C(=O)c1ccc(Cl)cc1NS(=O)(=O)CCCCCl. The first-order chi connectivity index (χ1) is 9.76. The summed E-state index contributed by atoms with van der Waals surface area (Å²) in [7, 11) is -0.357. The molecule has 21 heavy (non-hydrogen) atoms. The van der Waals surface area contributed by atoms with Gasteiger partial charge in [-0.25, -0.2) is 8.42 Å². The number of anilines is 1. The molecule has 1 aromatic rings. The fraction of sp³-hybridized carbons (Fsp3) is 0.462. The van der Waals surface area contributed by atoms with Gasteiger partial charge in [0.15, 0.2) is 0 Å². The van der Waals surface area contributed by atoms with Crippen LogP contribution in [0.1, 0.15) is 23.2 Å². The molecule has 5 nitrogen and oxygen atoms in total. The van der Waals surface area contributed by atoms with Gasteiger partial charge in [0, 0.05) is 25.0 Å². The second-order valence-electron chi connectivity index (χ2n) is 4.71. The quantitative estimate of drug-likeness (QED) is 0.606. The minimum absolute atomic E-state index is 0.0537. The summed E-state index contributed by atoms with van der Waals surface area (Å²) < 4.78 is 26.4. The van der Waals surface area contributed by atoms with E-state index in [1.165, 1.54) is 17.0 Å². The molecule has 0 atom stereocenters. The Morgan fingerprint density at radius 3 is 2.52 bits per heavy atom. The first-order valence-corrected chi connectivity index (χ1v) is 8.91. The van der Waals surface area contributed by atoms with Gasteiger partial charge in [0.25, 0.3) is 5.91 Å². The number of sulfonamides is 1. The molecule has 0 aromatic heterocycles. The van der Waals surface area contributed by atoms with E-state index in [1.807, 2.05) is 0 Å². The van der Waals surface area contributed by atoms with E-state index in [0.717, 1.165) is 0 Å². The number of rotatable bonds is 7. The van der Waals surface area contributed by atoms with E-state index in [0.29, 0.717) is 23.7 Å². The van der Waals surface area contributed by atoms with Crippen LogP contribution in [0.25, 0.3) is 0 Å². The van der Waals surface area contributed by atoms with E-state index < -0.39 is 10.0 Å². The van der Waals surface area contributed by atoms with Gasteiger partial charge in [0.2, 0.25) is 10.0 Å². The number of halogens is 2. The lowest BCUT2D eigenvalue weighted by Gasteiger charge is -2.16. The van der Waals surface area contributed by atoms with Crippen molar-refractivity contribution in [3.05, 3.63) is 28.8 Å². The molecule has 0 bridgehead atoms. The van der Waals surface area contributed by atoms with Crippen LogP contribution >= 0.6 is 23.2 Å². The van der Waals surface area contributed by atoms with Crippen LogP contribution < -0.4 is 4.72 Å². The van der Waals surface area contributed by atoms with Crippen LogP contribution in [0.15, 0.2) is 18.2 Å². The molecule has 0 aliphatic heterocycles. The molecule has 118 valence electrons. The number of nitrogens with one attached hydrogen (secondary N) is 1. The molecule has 0 aliphatic carbocycles. The average molecular weight is 353 g/mol. The highest BCUT2D eigenvalue weighted by Gasteiger charge is 2.18. The summed E-state index contributed by atoms with van der Waals surface area (Å²) in [4.78, 5) is 13.4. The number of alkyl halides is 1. The Bertz CT molecular complexity index is 603. The van der Waals surface area contributed by atoms with E-state index in [2.05, 4.69) is 4.72 Å². The van der Waals surface area contributed by atoms with Crippen LogP contribution in [-0.2, 0) is 10.0 Å². The second-order valence-corrected chi connectivity index (χ2v) is 7.36. The van der Waals surface area contributed by atoms with Gasteiger partial charge in [0.05, 0.1) is 17.0 Å². The third-order valence-electron chi connectivity index (χ3n) is 2.68. The Morgan fingerprint density at radius 2 is 1.95 bits per heavy atom. The minimum atomic E-state index is -3.54. The molecule has 0 saturated heterocycles. The van der Waals surface area contributed by atoms with Gasteiger partial charge < -0.3 is 4.90 Å². The summed E-state index contributed by atoms with van der Waals surface area (Å²) in [5.74, 6) is 0.0592. The summed E-state index contributed by atoms with van der Waals surface area (Å²) in [6, 6.07) is 4.47. The lowest BCUT2D eigenvalue weighted by Crippen LogP contribution is -2.25. The molecule has 1 amide bonds. The largest absolute Gasteiger partial charge is 0.345 e. The van der Waals surface area contributed by atoms with Gasteiger partial charge in [0.1, 0.15) is 0 Å². The van der Waals surface area contributed by atoms with Crippen LogP contribution in [0.3, 0.4) is 0 Å². The van der Waals surface area contributed by atoms with Crippen LogP contribution in [-0.4, -0.2) is 45.0 Å². The zero-order valence-electron chi connectivity index (χ0n) is 11.9. The van der Waals surface area contributed by atoms with E-state index in [9.17, 15) is 13.2 Å². The normalized spacial score (nSPS) is 11.2. The highest BCUT2D eigenvalue weighted by atomic mass is 35.5. The van der Waals surface area contributed by atoms with Crippen molar-refractivity contribution in [2.45, 2.75) is 12.8 Å². The highest BCUT2D eigenvalue weighted by Crippen LogP contribution is 2.23. The summed E-state index contributed by atoms with van der Waals surface area (Å²) in [5, 5.41) is 0.351. The fourth-order valence-electron chi connectivity index (χ4n) is 1.63. The smallest absolute Gasteiger partial charge is 0.255 e. The van der Waals surface area contributed by atoms with Crippen LogP contribution in [0, 0.1) is 0 Å². The third-order valence-corrected chi connectivity index (χ3v) is 4.54. The maximum Gasteiger partial charge on any atom is 0.255 e. The number of nitrogens with zero attached hydrogens (tertiary/aromatic N) is 1. The van der Waals surface area contributed by atoms with E-state index in [4.69, 9.17) is 23.2 Å². The predicted octanol–water partition coefficient (Wildman–Crippen LogP) is 2.80. The predicted molar refractivity (Wildman–Crippen MR) is 86.8 cm³/mol. The van der Waals surface area contributed by atoms with E-state index >= 15 is 0 Å². The number of carbonyl (C=O) groups is 1. The van der Waals surface area contributed by atoms with Crippen molar-refractivity contribution >= 4 is 44.8 Å². The molecule has 8 heteroatoms. The molecule has 0 fully saturated rings. The lowest BCUT2D eigenvalue weighted by molar-refractivity contribution is 0.0828. The van der Waals surface area contributed by atoms with Gasteiger partial charge in [-0.1, -0.05) is 11.6 Å². The van der Waals surface area contributed by atoms with Gasteiger partial charge in [-0.2, -0.15) is 0 Å². The number of unbranched alkanes of at least 4 members (excludes halogenated alkanes) is 1. The third kappa shape index (κ3) is 5.73. The first kappa shape index (κ1) is 18.1. The van der Waals surface area contributed by atoms with E-state index in [-0.39, 0.29) is 22.9 Å². The monoisotopic (exact) mass is 352 g/mol. The molecule has 0 spiro atoms. The molecule has 1 N–H and O–H groups in total. The van der Waals surface area contributed by atoms with Crippen molar-refractivity contribution in [1.82, 2.24) is 4.90 Å². The molecule has 0 radical (unpaired) electrons. The van der Waals surface area contributed by atoms with Crippen molar-refractivity contribution in [2.24, 2.45) is 0 Å². The summed E-state index contributed by atoms with van der Waals surface area (Å²) >= 11 is 11.4. The Morgan fingerprint density at radius 1 is 1.29 bits per heavy atom. The van der Waals surface area contributed by atoms with Crippen molar-refractivity contribution in [1.29, 1.82) is 0 Å². The van der Waals surface area contributed by atoms with Crippen molar-refractivity contribution < 1.29 is 13.2 Å². The number of hydrogen-bond donors (Lipinski definition) is 1. The number of amides is 1. The van der Waals surface area contributed by atoms with Gasteiger partial charge in [-0.3, -0.25) is 9.52 Å². The summed E-state index contributed by atoms with van der Waals surface area (Å²) in [6.45, 7) is 0. The Hall–Kier alpha value is -0.980. The van der Waals surface area contributed by atoms with Crippen molar-refractivity contribution in [3.63, 3.8) is 0 Å². The minimum Gasteiger partial charge on any atom is -0.345 e. The molecule has 0 unspecified atom stereocenters. The van der Waals surface area contributed by atoms with Crippen LogP contribution in [0.4, 0.5) is 5.69 Å². The highest BCUT2D eigenvalue weighted by molar-refractivity contribution is 7.92. The number of benzene rings is 1. The van der Waals surface area contributed by atoms with Crippen LogP contribution in [0.5, 0.6) is 0 Å². The maximum atomic E-state index is 12.1. The van der Waals surface area contributed by atoms with Gasteiger partial charge in [-0.05, 0) is 31.0 Å². The molecule has 0 saturated carbocycles. The Balaban J connectivity index is 3.01. The number of hydrogen-bond acceptors (Lipinski definition) is 3. The van der Waals surface area contributed by atoms with Crippen molar-refractivity contribution in [2.75, 3.05) is 30.5 Å². The zero-order chi connectivity index (χ0) is 16.0. The van der Waals surface area contributed by atoms with Gasteiger partial charge in [-0.15, -0.1) is 11.6 Å². The summed E-state index contributed by atoms with van der Waals surface area (Å²) in [5.41, 5.74) is 0.442.